The number of fused-ring (bicyclic) bond motifs is 1. The third kappa shape index (κ3) is 9.18. The first-order valence-corrected chi connectivity index (χ1v) is 16.6. The maximum atomic E-state index is 12.6. The topological polar surface area (TPSA) is 179 Å². The minimum atomic E-state index is -1.48. The molecule has 0 radical (unpaired) electrons. The molecule has 1 saturated heterocycles. The summed E-state index contributed by atoms with van der Waals surface area (Å²) in [6.07, 6.45) is -6.63. The lowest BCUT2D eigenvalue weighted by molar-refractivity contribution is -0.254. The van der Waals surface area contributed by atoms with Crippen molar-refractivity contribution in [3.63, 3.8) is 0 Å². The van der Waals surface area contributed by atoms with Gasteiger partial charge >= 0.3 is 29.8 Å². The molecule has 2 heterocycles. The Balaban J connectivity index is 1.61. The van der Waals surface area contributed by atoms with Crippen molar-refractivity contribution in [1.29, 1.82) is 0 Å². The van der Waals surface area contributed by atoms with Gasteiger partial charge < -0.3 is 43.0 Å². The molecule has 5 rings (SSSR count). The van der Waals surface area contributed by atoms with Gasteiger partial charge in [-0.25, -0.2) is 0 Å². The Morgan fingerprint density at radius 2 is 1.40 bits per heavy atom. The minimum Gasteiger partial charge on any atom is -0.507 e. The van der Waals surface area contributed by atoms with Gasteiger partial charge in [0.15, 0.2) is 18.3 Å². The summed E-state index contributed by atoms with van der Waals surface area (Å²) in [6.45, 7) is 5.49. The third-order valence-corrected chi connectivity index (χ3v) is 8.32. The second kappa shape index (κ2) is 16.6. The average Bonchev–Trinajstić information content (AvgIpc) is 3.08. The molecule has 3 aromatic rings. The molecule has 0 aromatic heterocycles. The molecule has 0 saturated carbocycles. The molecule has 1 fully saturated rings. The fourth-order valence-corrected chi connectivity index (χ4v) is 6.26. The number of aromatic hydroxyl groups is 1. The number of ether oxygens (including phenoxy) is 8. The van der Waals surface area contributed by atoms with Crippen LogP contribution in [0, 0.1) is 0 Å². The summed E-state index contributed by atoms with van der Waals surface area (Å²) in [5.74, 6) is -2.95. The zero-order chi connectivity index (χ0) is 37.5. The predicted molar refractivity (Wildman–Crippen MR) is 179 cm³/mol. The quantitative estimate of drug-likeness (QED) is 0.163. The maximum absolute atomic E-state index is 12.6. The van der Waals surface area contributed by atoms with Gasteiger partial charge in [0.1, 0.15) is 54.5 Å². The van der Waals surface area contributed by atoms with E-state index in [0.29, 0.717) is 29.9 Å². The number of hydrogen-bond acceptors (Lipinski definition) is 14. The highest BCUT2D eigenvalue weighted by Crippen LogP contribution is 2.51. The minimum absolute atomic E-state index is 0.0401. The second-order valence-corrected chi connectivity index (χ2v) is 12.3. The Morgan fingerprint density at radius 1 is 0.769 bits per heavy atom. The molecule has 2 aliphatic heterocycles. The Kier molecular flexibility index (Phi) is 12.0. The Labute approximate surface area is 299 Å². The number of carbonyl (C=O) groups is 5. The number of phenolic OH excluding ortho intramolecular Hbond substituents is 1. The summed E-state index contributed by atoms with van der Waals surface area (Å²) in [4.78, 5) is 60.5. The van der Waals surface area contributed by atoms with E-state index in [1.165, 1.54) is 13.8 Å². The molecule has 52 heavy (non-hydrogen) atoms. The smallest absolute Gasteiger partial charge is 0.308 e. The van der Waals surface area contributed by atoms with E-state index in [1.807, 2.05) is 30.3 Å². The summed E-state index contributed by atoms with van der Waals surface area (Å²) in [6, 6.07) is 17.7. The van der Waals surface area contributed by atoms with Crippen molar-refractivity contribution < 1.29 is 67.0 Å². The van der Waals surface area contributed by atoms with Crippen LogP contribution in [0.15, 0.2) is 60.7 Å². The summed E-state index contributed by atoms with van der Waals surface area (Å²) in [5.41, 5.74) is 2.04. The molecule has 2 aliphatic rings. The molecule has 6 atom stereocenters. The molecular weight excluding hydrogens is 680 g/mol. The van der Waals surface area contributed by atoms with Crippen molar-refractivity contribution in [2.45, 2.75) is 90.7 Å². The van der Waals surface area contributed by atoms with Gasteiger partial charge in [-0.3, -0.25) is 24.0 Å². The molecule has 3 aromatic carbocycles. The SMILES string of the molecule is CC(=O)OC[C@H]1O[C@@H](c2c(OCc3ccccc3)cc3c(c2O)CCC(c2ccc(OC(C)=O)cc2)O3)[C@H](OC(C)=O)[C@@H](OC(C)=O)[C@@H]1OC(C)=O. The van der Waals surface area contributed by atoms with Gasteiger partial charge in [0.2, 0.25) is 0 Å². The van der Waals surface area contributed by atoms with Gasteiger partial charge in [-0.05, 0) is 36.1 Å². The van der Waals surface area contributed by atoms with Crippen LogP contribution < -0.4 is 14.2 Å². The van der Waals surface area contributed by atoms with E-state index in [4.69, 9.17) is 37.9 Å². The number of esters is 5. The first kappa shape index (κ1) is 37.6. The van der Waals surface area contributed by atoms with Gasteiger partial charge in [-0.15, -0.1) is 0 Å². The number of rotatable bonds is 11. The van der Waals surface area contributed by atoms with Crippen LogP contribution in [0.5, 0.6) is 23.0 Å². The summed E-state index contributed by atoms with van der Waals surface area (Å²) in [5, 5.41) is 12.1. The lowest BCUT2D eigenvalue weighted by Crippen LogP contribution is -2.59. The standard InChI is InChI=1S/C38H40O14/c1-20(39)45-19-32-35(48-22(3)41)37(49-23(4)42)38(50-24(5)43)36(52-32)33-31(46-18-25-9-7-6-8-10-25)17-30-28(34(33)44)15-16-29(51-30)26-11-13-27(14-12-26)47-21(2)40/h6-14,17,29,32,35-38,44H,15-16,18-19H2,1-5H3/t29?,32-,35-,36+,37+,38+/m1/s1. The third-order valence-electron chi connectivity index (χ3n) is 8.32. The van der Waals surface area contributed by atoms with Crippen LogP contribution >= 0.6 is 0 Å². The molecule has 0 spiro atoms. The van der Waals surface area contributed by atoms with Gasteiger partial charge in [0.05, 0.1) is 5.56 Å². The summed E-state index contributed by atoms with van der Waals surface area (Å²) in [7, 11) is 0. The Bertz CT molecular complexity index is 1790. The second-order valence-electron chi connectivity index (χ2n) is 12.3. The molecule has 0 aliphatic carbocycles. The van der Waals surface area contributed by atoms with Crippen molar-refractivity contribution in [3.05, 3.63) is 82.9 Å². The van der Waals surface area contributed by atoms with Gasteiger partial charge in [-0.1, -0.05) is 42.5 Å². The van der Waals surface area contributed by atoms with Crippen LogP contribution in [0.3, 0.4) is 0 Å². The monoisotopic (exact) mass is 720 g/mol. The van der Waals surface area contributed by atoms with Crippen LogP contribution in [-0.2, 0) is 60.7 Å². The van der Waals surface area contributed by atoms with E-state index in [-0.39, 0.29) is 23.7 Å². The van der Waals surface area contributed by atoms with Crippen LogP contribution in [0.4, 0.5) is 0 Å². The maximum Gasteiger partial charge on any atom is 0.308 e. The predicted octanol–water partition coefficient (Wildman–Crippen LogP) is 4.76. The van der Waals surface area contributed by atoms with Gasteiger partial charge in [0, 0.05) is 46.2 Å². The molecule has 1 N–H and O–H groups in total. The molecule has 14 heteroatoms. The first-order valence-electron chi connectivity index (χ1n) is 16.6. The lowest BCUT2D eigenvalue weighted by Gasteiger charge is -2.45. The highest BCUT2D eigenvalue weighted by molar-refractivity contribution is 5.70. The highest BCUT2D eigenvalue weighted by atomic mass is 16.7. The molecule has 14 nitrogen and oxygen atoms in total. The zero-order valence-corrected chi connectivity index (χ0v) is 29.3. The van der Waals surface area contributed by atoms with E-state index in [0.717, 1.165) is 31.9 Å². The fraction of sp³-hybridized carbons (Fsp3) is 0.395. The first-order chi connectivity index (χ1) is 24.8. The summed E-state index contributed by atoms with van der Waals surface area (Å²) >= 11 is 0. The number of benzene rings is 3. The zero-order valence-electron chi connectivity index (χ0n) is 29.3. The Morgan fingerprint density at radius 3 is 2.02 bits per heavy atom. The van der Waals surface area contributed by atoms with Crippen LogP contribution in [0.1, 0.15) is 75.5 Å². The van der Waals surface area contributed by atoms with Crippen molar-refractivity contribution >= 4 is 29.8 Å². The number of carbonyl (C=O) groups excluding carboxylic acids is 5. The average molecular weight is 721 g/mol. The van der Waals surface area contributed by atoms with Crippen LogP contribution in [0.25, 0.3) is 0 Å². The van der Waals surface area contributed by atoms with Crippen molar-refractivity contribution in [1.82, 2.24) is 0 Å². The lowest BCUT2D eigenvalue weighted by atomic mass is 9.87. The molecule has 1 unspecified atom stereocenters. The van der Waals surface area contributed by atoms with Crippen molar-refractivity contribution in [3.8, 4) is 23.0 Å². The van der Waals surface area contributed by atoms with E-state index >= 15 is 0 Å². The largest absolute Gasteiger partial charge is 0.507 e. The molecule has 0 bridgehead atoms. The van der Waals surface area contributed by atoms with E-state index in [1.54, 1.807) is 30.3 Å². The van der Waals surface area contributed by atoms with Gasteiger partial charge in [0.25, 0.3) is 0 Å². The van der Waals surface area contributed by atoms with Crippen molar-refractivity contribution in [2.75, 3.05) is 6.61 Å². The Hall–Kier alpha value is -5.63. The van der Waals surface area contributed by atoms with Crippen LogP contribution in [-0.4, -0.2) is 66.0 Å². The van der Waals surface area contributed by atoms with Crippen LogP contribution in [0.2, 0.25) is 0 Å². The normalized spacial score (nSPS) is 22.1. The molecular formula is C38H40O14. The number of phenols is 1. The number of hydrogen-bond donors (Lipinski definition) is 1. The summed E-state index contributed by atoms with van der Waals surface area (Å²) < 4.78 is 46.4. The van der Waals surface area contributed by atoms with E-state index in [2.05, 4.69) is 0 Å². The van der Waals surface area contributed by atoms with Gasteiger partial charge in [-0.2, -0.15) is 0 Å². The van der Waals surface area contributed by atoms with E-state index in [9.17, 15) is 29.1 Å². The molecule has 276 valence electrons. The highest BCUT2D eigenvalue weighted by Gasteiger charge is 2.54. The van der Waals surface area contributed by atoms with E-state index < -0.39 is 73.1 Å². The van der Waals surface area contributed by atoms with Crippen molar-refractivity contribution in [2.24, 2.45) is 0 Å². The fourth-order valence-electron chi connectivity index (χ4n) is 6.26. The molecule has 0 amide bonds.